The normalized spacial score (nSPS) is 19.2. The van der Waals surface area contributed by atoms with Crippen LogP contribution in [-0.4, -0.2) is 29.7 Å². The van der Waals surface area contributed by atoms with Crippen LogP contribution < -0.4 is 4.90 Å². The van der Waals surface area contributed by atoms with Crippen LogP contribution in [0.2, 0.25) is 0 Å². The molecule has 0 radical (unpaired) electrons. The van der Waals surface area contributed by atoms with Crippen molar-refractivity contribution in [2.24, 2.45) is 0 Å². The van der Waals surface area contributed by atoms with Crippen molar-refractivity contribution in [2.75, 3.05) is 18.5 Å². The molecule has 2 rings (SSSR count). The summed E-state index contributed by atoms with van der Waals surface area (Å²) >= 11 is 1.64. The van der Waals surface area contributed by atoms with E-state index in [-0.39, 0.29) is 5.92 Å². The molecule has 0 fully saturated rings. The van der Waals surface area contributed by atoms with Gasteiger partial charge in [-0.1, -0.05) is 0 Å². The van der Waals surface area contributed by atoms with E-state index < -0.39 is 5.97 Å². The number of nitrogens with zero attached hydrogens (tertiary/aromatic N) is 2. The zero-order chi connectivity index (χ0) is 11.7. The molecule has 1 atom stereocenters. The molecule has 88 valence electrons. The molecule has 4 nitrogen and oxygen atoms in total. The third kappa shape index (κ3) is 1.91. The molecule has 1 unspecified atom stereocenters. The summed E-state index contributed by atoms with van der Waals surface area (Å²) in [6.45, 7) is 2.96. The van der Waals surface area contributed by atoms with E-state index in [9.17, 15) is 4.79 Å². The van der Waals surface area contributed by atoms with E-state index in [4.69, 9.17) is 5.11 Å². The Morgan fingerprint density at radius 3 is 3.06 bits per heavy atom. The minimum atomic E-state index is -0.739. The second-order valence-electron chi connectivity index (χ2n) is 4.10. The second kappa shape index (κ2) is 4.41. The van der Waals surface area contributed by atoms with Crippen LogP contribution in [0.15, 0.2) is 0 Å². The number of aryl methyl sites for hydroxylation is 1. The zero-order valence-electron chi connectivity index (χ0n) is 9.56. The molecule has 5 heteroatoms. The number of fused-ring (bicyclic) bond motifs is 1. The van der Waals surface area contributed by atoms with Gasteiger partial charge < -0.3 is 10.0 Å². The van der Waals surface area contributed by atoms with Crippen molar-refractivity contribution in [2.45, 2.75) is 32.1 Å². The molecular weight excluding hydrogens is 224 g/mol. The topological polar surface area (TPSA) is 53.4 Å². The van der Waals surface area contributed by atoms with Gasteiger partial charge in [-0.15, -0.1) is 11.3 Å². The van der Waals surface area contributed by atoms with E-state index in [1.807, 2.05) is 7.05 Å². The predicted molar refractivity (Wildman–Crippen MR) is 64.4 cm³/mol. The maximum atomic E-state index is 11.1. The number of thiazole rings is 1. The van der Waals surface area contributed by atoms with Crippen LogP contribution in [-0.2, 0) is 11.2 Å². The van der Waals surface area contributed by atoms with Gasteiger partial charge >= 0.3 is 5.97 Å². The molecule has 1 N–H and O–H groups in total. The van der Waals surface area contributed by atoms with E-state index >= 15 is 0 Å². The lowest BCUT2D eigenvalue weighted by molar-refractivity contribution is -0.139. The lowest BCUT2D eigenvalue weighted by Gasteiger charge is -2.16. The summed E-state index contributed by atoms with van der Waals surface area (Å²) in [6.07, 6.45) is 2.66. The van der Waals surface area contributed by atoms with Gasteiger partial charge in [-0.25, -0.2) is 4.98 Å². The summed E-state index contributed by atoms with van der Waals surface area (Å²) in [5, 5.41) is 10.1. The smallest absolute Gasteiger partial charge is 0.312 e. The summed E-state index contributed by atoms with van der Waals surface area (Å²) in [4.78, 5) is 18.8. The average molecular weight is 240 g/mol. The standard InChI is InChI=1S/C11H16N2O2S/c1-3-13(2)11-12-9-7(10(14)15)5-4-6-8(9)16-11/h7H,3-6H2,1-2H3,(H,14,15). The van der Waals surface area contributed by atoms with Crippen molar-refractivity contribution in [3.8, 4) is 0 Å². The van der Waals surface area contributed by atoms with Crippen molar-refractivity contribution >= 4 is 22.4 Å². The van der Waals surface area contributed by atoms with Gasteiger partial charge in [-0.05, 0) is 26.2 Å². The lowest BCUT2D eigenvalue weighted by atomic mass is 9.91. The van der Waals surface area contributed by atoms with Crippen LogP contribution in [0.1, 0.15) is 36.3 Å². The summed E-state index contributed by atoms with van der Waals surface area (Å²) < 4.78 is 0. The summed E-state index contributed by atoms with van der Waals surface area (Å²) in [5.74, 6) is -1.13. The SMILES string of the molecule is CCN(C)c1nc2c(s1)CCCC2C(=O)O. The van der Waals surface area contributed by atoms with Gasteiger partial charge in [0.1, 0.15) is 5.92 Å². The van der Waals surface area contributed by atoms with Crippen LogP contribution in [0.4, 0.5) is 5.13 Å². The molecule has 1 aliphatic carbocycles. The zero-order valence-corrected chi connectivity index (χ0v) is 10.4. The highest BCUT2D eigenvalue weighted by Crippen LogP contribution is 2.37. The molecule has 0 aliphatic heterocycles. The first-order valence-corrected chi connectivity index (χ1v) is 6.38. The number of aromatic nitrogens is 1. The second-order valence-corrected chi connectivity index (χ2v) is 5.16. The van der Waals surface area contributed by atoms with E-state index in [1.165, 1.54) is 0 Å². The first-order valence-electron chi connectivity index (χ1n) is 5.57. The Kier molecular flexibility index (Phi) is 3.14. The van der Waals surface area contributed by atoms with Crippen LogP contribution in [0.5, 0.6) is 0 Å². The largest absolute Gasteiger partial charge is 0.481 e. The molecule has 0 spiro atoms. The summed E-state index contributed by atoms with van der Waals surface area (Å²) in [6, 6.07) is 0. The monoisotopic (exact) mass is 240 g/mol. The Bertz CT molecular complexity index is 403. The number of rotatable bonds is 3. The number of hydrogen-bond donors (Lipinski definition) is 1. The quantitative estimate of drug-likeness (QED) is 0.879. The number of hydrogen-bond acceptors (Lipinski definition) is 4. The number of carbonyl (C=O) groups is 1. The van der Waals surface area contributed by atoms with Gasteiger partial charge in [0.05, 0.1) is 5.69 Å². The fraction of sp³-hybridized carbons (Fsp3) is 0.636. The summed E-state index contributed by atoms with van der Waals surface area (Å²) in [7, 11) is 1.99. The van der Waals surface area contributed by atoms with Gasteiger partial charge in [0, 0.05) is 18.5 Å². The number of carboxylic acids is 1. The number of anilines is 1. The van der Waals surface area contributed by atoms with Gasteiger partial charge in [-0.2, -0.15) is 0 Å². The average Bonchev–Trinajstić information content (AvgIpc) is 2.70. The van der Waals surface area contributed by atoms with Crippen LogP contribution in [0.3, 0.4) is 0 Å². The van der Waals surface area contributed by atoms with E-state index in [0.717, 1.165) is 41.5 Å². The molecule has 1 heterocycles. The summed E-state index contributed by atoms with van der Waals surface area (Å²) in [5.41, 5.74) is 0.805. The molecule has 0 aromatic carbocycles. The Morgan fingerprint density at radius 2 is 2.44 bits per heavy atom. The van der Waals surface area contributed by atoms with Gasteiger partial charge in [-0.3, -0.25) is 4.79 Å². The van der Waals surface area contributed by atoms with Crippen molar-refractivity contribution in [3.63, 3.8) is 0 Å². The minimum Gasteiger partial charge on any atom is -0.481 e. The molecule has 0 saturated heterocycles. The minimum absolute atomic E-state index is 0.390. The Hall–Kier alpha value is -1.10. The third-order valence-electron chi connectivity index (χ3n) is 3.04. The number of carboxylic acid groups (broad SMARTS) is 1. The first kappa shape index (κ1) is 11.4. The fourth-order valence-corrected chi connectivity index (χ4v) is 3.13. The third-order valence-corrected chi connectivity index (χ3v) is 4.29. The maximum Gasteiger partial charge on any atom is 0.312 e. The van der Waals surface area contributed by atoms with E-state index in [2.05, 4.69) is 16.8 Å². The van der Waals surface area contributed by atoms with Crippen molar-refractivity contribution in [3.05, 3.63) is 10.6 Å². The Balaban J connectivity index is 2.34. The predicted octanol–water partition coefficient (Wildman–Crippen LogP) is 2.10. The molecule has 1 aliphatic rings. The van der Waals surface area contributed by atoms with Gasteiger partial charge in [0.25, 0.3) is 0 Å². The molecule has 16 heavy (non-hydrogen) atoms. The first-order chi connectivity index (χ1) is 7.63. The lowest BCUT2D eigenvalue weighted by Crippen LogP contribution is -2.18. The highest BCUT2D eigenvalue weighted by atomic mass is 32.1. The van der Waals surface area contributed by atoms with Gasteiger partial charge in [0.15, 0.2) is 5.13 Å². The molecule has 0 bridgehead atoms. The Labute approximate surface area is 98.9 Å². The molecule has 1 aromatic rings. The van der Waals surface area contributed by atoms with Crippen LogP contribution in [0.25, 0.3) is 0 Å². The fourth-order valence-electron chi connectivity index (χ4n) is 1.94. The highest BCUT2D eigenvalue weighted by Gasteiger charge is 2.30. The van der Waals surface area contributed by atoms with Crippen molar-refractivity contribution < 1.29 is 9.90 Å². The Morgan fingerprint density at radius 1 is 1.69 bits per heavy atom. The van der Waals surface area contributed by atoms with Crippen LogP contribution in [0, 0.1) is 0 Å². The molecule has 0 saturated carbocycles. The number of aliphatic carboxylic acids is 1. The highest BCUT2D eigenvalue weighted by molar-refractivity contribution is 7.15. The van der Waals surface area contributed by atoms with Gasteiger partial charge in [0.2, 0.25) is 0 Å². The van der Waals surface area contributed by atoms with Crippen molar-refractivity contribution in [1.29, 1.82) is 0 Å². The van der Waals surface area contributed by atoms with E-state index in [1.54, 1.807) is 11.3 Å². The maximum absolute atomic E-state index is 11.1. The van der Waals surface area contributed by atoms with Crippen molar-refractivity contribution in [1.82, 2.24) is 4.98 Å². The van der Waals surface area contributed by atoms with Crippen LogP contribution >= 0.6 is 11.3 Å². The molecule has 0 amide bonds. The molecular formula is C11H16N2O2S. The molecule has 1 aromatic heterocycles. The van der Waals surface area contributed by atoms with E-state index in [0.29, 0.717) is 0 Å².